The third kappa shape index (κ3) is 3.46. The summed E-state index contributed by atoms with van der Waals surface area (Å²) >= 11 is 0. The molecule has 4 heteroatoms. The van der Waals surface area contributed by atoms with Gasteiger partial charge >= 0.3 is 5.97 Å². The Labute approximate surface area is 122 Å². The molecule has 1 unspecified atom stereocenters. The highest BCUT2D eigenvalue weighted by Crippen LogP contribution is 2.21. The first kappa shape index (κ1) is 14.3. The molecule has 0 saturated heterocycles. The summed E-state index contributed by atoms with van der Waals surface area (Å²) in [6, 6.07) is 17.7. The van der Waals surface area contributed by atoms with Gasteiger partial charge in [0, 0.05) is 0 Å². The predicted molar refractivity (Wildman–Crippen MR) is 76.6 cm³/mol. The first-order valence-corrected chi connectivity index (χ1v) is 6.36. The van der Waals surface area contributed by atoms with E-state index < -0.39 is 5.97 Å². The average Bonchev–Trinajstić information content (AvgIpc) is 2.53. The Kier molecular flexibility index (Phi) is 4.33. The lowest BCUT2D eigenvalue weighted by Crippen LogP contribution is -2.02. The number of hydrogen-bond acceptors (Lipinski definition) is 3. The molecule has 0 fully saturated rings. The molecular formula is C17H12N2O2. The second kappa shape index (κ2) is 6.36. The number of carboxylic acids is 1. The molecule has 0 saturated carbocycles. The molecule has 21 heavy (non-hydrogen) atoms. The van der Waals surface area contributed by atoms with E-state index in [0.717, 1.165) is 11.1 Å². The Hall–Kier alpha value is -3.11. The zero-order valence-electron chi connectivity index (χ0n) is 11.2. The molecule has 2 aromatic carbocycles. The van der Waals surface area contributed by atoms with E-state index in [0.29, 0.717) is 12.0 Å². The Balaban J connectivity index is 2.17. The number of aromatic carboxylic acids is 1. The fourth-order valence-electron chi connectivity index (χ4n) is 2.05. The Bertz CT molecular complexity index is 719. The van der Waals surface area contributed by atoms with Crippen molar-refractivity contribution in [3.63, 3.8) is 0 Å². The molecule has 1 atom stereocenters. The Morgan fingerprint density at radius 1 is 1.05 bits per heavy atom. The topological polar surface area (TPSA) is 84.9 Å². The average molecular weight is 276 g/mol. The van der Waals surface area contributed by atoms with E-state index in [1.807, 2.05) is 18.2 Å². The van der Waals surface area contributed by atoms with Gasteiger partial charge in [-0.1, -0.05) is 24.3 Å². The van der Waals surface area contributed by atoms with Crippen molar-refractivity contribution >= 4 is 5.97 Å². The molecule has 0 aromatic heterocycles. The maximum absolute atomic E-state index is 10.8. The molecule has 0 heterocycles. The molecule has 2 aromatic rings. The van der Waals surface area contributed by atoms with Gasteiger partial charge in [-0.2, -0.15) is 10.5 Å². The predicted octanol–water partition coefficient (Wildman–Crippen LogP) is 3.11. The fraction of sp³-hybridized carbons (Fsp3) is 0.118. The molecule has 4 nitrogen and oxygen atoms in total. The van der Waals surface area contributed by atoms with Gasteiger partial charge in [-0.3, -0.25) is 0 Å². The molecule has 0 amide bonds. The summed E-state index contributed by atoms with van der Waals surface area (Å²) in [4.78, 5) is 10.8. The van der Waals surface area contributed by atoms with Gasteiger partial charge in [0.25, 0.3) is 0 Å². The van der Waals surface area contributed by atoms with Gasteiger partial charge in [0.1, 0.15) is 0 Å². The van der Waals surface area contributed by atoms with E-state index in [1.54, 1.807) is 24.3 Å². The molecule has 0 aliphatic carbocycles. The molecule has 0 radical (unpaired) electrons. The SMILES string of the molecule is N#Cc1ccc(CC(C#N)c2ccc(C(=O)O)cc2)cc1. The Morgan fingerprint density at radius 2 is 1.67 bits per heavy atom. The molecule has 1 N–H and O–H groups in total. The number of benzene rings is 2. The van der Waals surface area contributed by atoms with Gasteiger partial charge in [0.2, 0.25) is 0 Å². The highest BCUT2D eigenvalue weighted by atomic mass is 16.4. The molecule has 0 spiro atoms. The summed E-state index contributed by atoms with van der Waals surface area (Å²) in [6.45, 7) is 0. The lowest BCUT2D eigenvalue weighted by atomic mass is 9.92. The fourth-order valence-corrected chi connectivity index (χ4v) is 2.05. The quantitative estimate of drug-likeness (QED) is 0.929. The van der Waals surface area contributed by atoms with Crippen LogP contribution >= 0.6 is 0 Å². The minimum absolute atomic E-state index is 0.203. The van der Waals surface area contributed by atoms with E-state index in [4.69, 9.17) is 10.4 Å². The second-order valence-electron chi connectivity index (χ2n) is 4.62. The second-order valence-corrected chi connectivity index (χ2v) is 4.62. The van der Waals surface area contributed by atoms with E-state index in [9.17, 15) is 10.1 Å². The number of hydrogen-bond donors (Lipinski definition) is 1. The Morgan fingerprint density at radius 3 is 2.14 bits per heavy atom. The molecule has 102 valence electrons. The van der Waals surface area contributed by atoms with Crippen LogP contribution in [0.3, 0.4) is 0 Å². The summed E-state index contributed by atoms with van der Waals surface area (Å²) in [5, 5.41) is 26.9. The van der Waals surface area contributed by atoms with E-state index >= 15 is 0 Å². The maximum Gasteiger partial charge on any atom is 0.335 e. The van der Waals surface area contributed by atoms with Crippen LogP contribution in [0.2, 0.25) is 0 Å². The van der Waals surface area contributed by atoms with Crippen LogP contribution in [0.5, 0.6) is 0 Å². The highest BCUT2D eigenvalue weighted by Gasteiger charge is 2.12. The number of carboxylic acid groups (broad SMARTS) is 1. The third-order valence-corrected chi connectivity index (χ3v) is 3.24. The van der Waals surface area contributed by atoms with Crippen LogP contribution in [-0.2, 0) is 6.42 Å². The molecule has 2 rings (SSSR count). The van der Waals surface area contributed by atoms with E-state index in [-0.39, 0.29) is 11.5 Å². The molecular weight excluding hydrogens is 264 g/mol. The van der Waals surface area contributed by atoms with Crippen molar-refractivity contribution in [2.45, 2.75) is 12.3 Å². The van der Waals surface area contributed by atoms with Crippen molar-refractivity contribution in [1.82, 2.24) is 0 Å². The van der Waals surface area contributed by atoms with E-state index in [2.05, 4.69) is 6.07 Å². The van der Waals surface area contributed by atoms with Crippen LogP contribution in [0, 0.1) is 22.7 Å². The van der Waals surface area contributed by atoms with Crippen molar-refractivity contribution in [2.24, 2.45) is 0 Å². The third-order valence-electron chi connectivity index (χ3n) is 3.24. The summed E-state index contributed by atoms with van der Waals surface area (Å²) in [6.07, 6.45) is 0.522. The lowest BCUT2D eigenvalue weighted by Gasteiger charge is -2.10. The smallest absolute Gasteiger partial charge is 0.335 e. The first-order chi connectivity index (χ1) is 10.1. The monoisotopic (exact) mass is 276 g/mol. The summed E-state index contributed by atoms with van der Waals surface area (Å²) < 4.78 is 0. The van der Waals surface area contributed by atoms with Crippen LogP contribution in [0.4, 0.5) is 0 Å². The standard InChI is InChI=1S/C17H12N2O2/c18-10-13-3-1-12(2-4-13)9-16(11-19)14-5-7-15(8-6-14)17(20)21/h1-8,16H,9H2,(H,20,21). The summed E-state index contributed by atoms with van der Waals surface area (Å²) in [7, 11) is 0. The summed E-state index contributed by atoms with van der Waals surface area (Å²) in [5.74, 6) is -1.33. The zero-order valence-corrected chi connectivity index (χ0v) is 11.2. The largest absolute Gasteiger partial charge is 0.478 e. The van der Waals surface area contributed by atoms with Gasteiger partial charge in [0.05, 0.1) is 29.2 Å². The minimum Gasteiger partial charge on any atom is -0.478 e. The number of carbonyl (C=O) groups is 1. The molecule has 0 aliphatic rings. The molecule has 0 bridgehead atoms. The first-order valence-electron chi connectivity index (χ1n) is 6.36. The van der Waals surface area contributed by atoms with Crippen LogP contribution in [0.15, 0.2) is 48.5 Å². The lowest BCUT2D eigenvalue weighted by molar-refractivity contribution is 0.0697. The number of rotatable bonds is 4. The van der Waals surface area contributed by atoms with Crippen LogP contribution in [0.1, 0.15) is 33.0 Å². The van der Waals surface area contributed by atoms with Gasteiger partial charge in [-0.25, -0.2) is 4.79 Å². The number of nitrogens with zero attached hydrogens (tertiary/aromatic N) is 2. The zero-order chi connectivity index (χ0) is 15.2. The minimum atomic E-state index is -0.984. The van der Waals surface area contributed by atoms with Gasteiger partial charge in [-0.15, -0.1) is 0 Å². The van der Waals surface area contributed by atoms with Crippen molar-refractivity contribution in [3.8, 4) is 12.1 Å². The summed E-state index contributed by atoms with van der Waals surface area (Å²) in [5.41, 5.74) is 2.53. The van der Waals surface area contributed by atoms with Gasteiger partial charge < -0.3 is 5.11 Å². The van der Waals surface area contributed by atoms with Crippen LogP contribution in [-0.4, -0.2) is 11.1 Å². The number of nitriles is 2. The maximum atomic E-state index is 10.8. The van der Waals surface area contributed by atoms with Crippen molar-refractivity contribution in [1.29, 1.82) is 10.5 Å². The van der Waals surface area contributed by atoms with Gasteiger partial charge in [-0.05, 0) is 41.8 Å². The van der Waals surface area contributed by atoms with Crippen molar-refractivity contribution in [2.75, 3.05) is 0 Å². The highest BCUT2D eigenvalue weighted by molar-refractivity contribution is 5.87. The normalized spacial score (nSPS) is 11.1. The molecule has 0 aliphatic heterocycles. The van der Waals surface area contributed by atoms with Crippen molar-refractivity contribution in [3.05, 3.63) is 70.8 Å². The van der Waals surface area contributed by atoms with Crippen LogP contribution in [0.25, 0.3) is 0 Å². The van der Waals surface area contributed by atoms with Crippen molar-refractivity contribution < 1.29 is 9.90 Å². The van der Waals surface area contributed by atoms with E-state index in [1.165, 1.54) is 12.1 Å². The van der Waals surface area contributed by atoms with Crippen LogP contribution < -0.4 is 0 Å². The van der Waals surface area contributed by atoms with Gasteiger partial charge in [0.15, 0.2) is 0 Å².